The third kappa shape index (κ3) is 2.67. The zero-order valence-corrected chi connectivity index (χ0v) is 7.66. The van der Waals surface area contributed by atoms with Crippen LogP contribution >= 0.6 is 0 Å². The maximum atomic E-state index is 12.7. The third-order valence-electron chi connectivity index (χ3n) is 1.43. The summed E-state index contributed by atoms with van der Waals surface area (Å²) in [5.74, 6) is -0.360. The van der Waals surface area contributed by atoms with Crippen molar-refractivity contribution in [1.82, 2.24) is 15.9 Å². The van der Waals surface area contributed by atoms with Crippen molar-refractivity contribution in [3.8, 4) is 0 Å². The molecule has 0 bridgehead atoms. The Labute approximate surface area is 80.6 Å². The number of hydrazone groups is 1. The molecule has 3 N–H and O–H groups in total. The first-order valence-corrected chi connectivity index (χ1v) is 4.09. The second-order valence-corrected chi connectivity index (χ2v) is 2.48. The van der Waals surface area contributed by atoms with Crippen LogP contribution in [0.5, 0.6) is 0 Å². The maximum absolute atomic E-state index is 12.7. The van der Waals surface area contributed by atoms with Gasteiger partial charge < -0.3 is 5.43 Å². The van der Waals surface area contributed by atoms with Gasteiger partial charge in [-0.2, -0.15) is 5.10 Å². The molecule has 0 spiro atoms. The number of nitrogens with zero attached hydrogens (tertiary/aromatic N) is 2. The van der Waals surface area contributed by atoms with Gasteiger partial charge in [0.25, 0.3) is 0 Å². The van der Waals surface area contributed by atoms with Crippen molar-refractivity contribution in [2.75, 3.05) is 6.54 Å². The van der Waals surface area contributed by atoms with E-state index >= 15 is 0 Å². The number of halogens is 1. The highest BCUT2D eigenvalue weighted by Crippen LogP contribution is 2.00. The van der Waals surface area contributed by atoms with E-state index in [1.807, 2.05) is 12.4 Å². The highest BCUT2D eigenvalue weighted by Gasteiger charge is 2.03. The number of hydrogen-bond acceptors (Lipinski definition) is 4. The van der Waals surface area contributed by atoms with Crippen molar-refractivity contribution < 1.29 is 9.60 Å². The van der Waals surface area contributed by atoms with Gasteiger partial charge in [0.1, 0.15) is 5.82 Å². The van der Waals surface area contributed by atoms with Gasteiger partial charge in [-0.25, -0.2) is 4.39 Å². The van der Waals surface area contributed by atoms with Crippen molar-refractivity contribution in [3.05, 3.63) is 29.8 Å². The van der Waals surface area contributed by atoms with Crippen LogP contribution in [-0.4, -0.2) is 22.6 Å². The summed E-state index contributed by atoms with van der Waals surface area (Å²) in [5.41, 5.74) is 4.86. The lowest BCUT2D eigenvalue weighted by Gasteiger charge is -2.04. The predicted molar refractivity (Wildman–Crippen MR) is 49.3 cm³/mol. The van der Waals surface area contributed by atoms with Gasteiger partial charge in [-0.05, 0) is 13.0 Å². The molecular weight excluding hydrogens is 187 g/mol. The zero-order chi connectivity index (χ0) is 10.4. The highest BCUT2D eigenvalue weighted by atomic mass is 19.1. The van der Waals surface area contributed by atoms with Crippen LogP contribution in [0.3, 0.4) is 0 Å². The number of rotatable bonds is 3. The van der Waals surface area contributed by atoms with E-state index in [0.717, 1.165) is 6.20 Å². The molecule has 0 saturated heterocycles. The molecule has 76 valence electrons. The van der Waals surface area contributed by atoms with Crippen LogP contribution in [-0.2, 0) is 0 Å². The van der Waals surface area contributed by atoms with Crippen LogP contribution < -0.4 is 10.9 Å². The Morgan fingerprint density at radius 2 is 2.43 bits per heavy atom. The van der Waals surface area contributed by atoms with E-state index < -0.39 is 5.82 Å². The van der Waals surface area contributed by atoms with E-state index in [1.54, 1.807) is 0 Å². The van der Waals surface area contributed by atoms with E-state index in [9.17, 15) is 4.39 Å². The summed E-state index contributed by atoms with van der Waals surface area (Å²) < 4.78 is 12.7. The first-order chi connectivity index (χ1) is 6.77. The average Bonchev–Trinajstić information content (AvgIpc) is 2.19. The molecule has 6 heteroatoms. The molecule has 1 aromatic heterocycles. The molecule has 5 nitrogen and oxygen atoms in total. The molecule has 0 atom stereocenters. The Morgan fingerprint density at radius 3 is 3.00 bits per heavy atom. The van der Waals surface area contributed by atoms with Gasteiger partial charge in [-0.1, -0.05) is 0 Å². The van der Waals surface area contributed by atoms with E-state index in [1.165, 1.54) is 12.3 Å². The molecule has 1 aromatic rings. The van der Waals surface area contributed by atoms with Crippen molar-refractivity contribution in [2.24, 2.45) is 5.10 Å². The molecule has 0 aliphatic heterocycles. The van der Waals surface area contributed by atoms with E-state index in [0.29, 0.717) is 12.1 Å². The van der Waals surface area contributed by atoms with Crippen LogP contribution in [0.1, 0.15) is 12.5 Å². The molecule has 14 heavy (non-hydrogen) atoms. The molecule has 0 unspecified atom stereocenters. The summed E-state index contributed by atoms with van der Waals surface area (Å²) in [6, 6.07) is 1.21. The SMILES string of the molecule is CCNN=C(NO)c1cncc(F)c1. The second kappa shape index (κ2) is 5.13. The van der Waals surface area contributed by atoms with Gasteiger partial charge in [0.05, 0.1) is 6.20 Å². The Balaban J connectivity index is 2.89. The number of aromatic nitrogens is 1. The van der Waals surface area contributed by atoms with Crippen LogP contribution in [0.4, 0.5) is 4.39 Å². The Morgan fingerprint density at radius 1 is 1.64 bits per heavy atom. The van der Waals surface area contributed by atoms with Gasteiger partial charge in [-0.3, -0.25) is 15.7 Å². The van der Waals surface area contributed by atoms with Crippen molar-refractivity contribution in [2.45, 2.75) is 6.92 Å². The Kier molecular flexibility index (Phi) is 3.81. The minimum absolute atomic E-state index is 0.124. The minimum atomic E-state index is -0.484. The predicted octanol–water partition coefficient (Wildman–Crippen LogP) is 0.471. The molecule has 1 heterocycles. The molecule has 0 radical (unpaired) electrons. The standard InChI is InChI=1S/C8H11FN4O/c1-2-11-12-8(13-14)6-3-7(9)5-10-4-6/h3-5,11,14H,2H2,1H3,(H,12,13). The Bertz CT molecular complexity index is 329. The van der Waals surface area contributed by atoms with Crippen molar-refractivity contribution in [3.63, 3.8) is 0 Å². The van der Waals surface area contributed by atoms with Gasteiger partial charge in [-0.15, -0.1) is 0 Å². The molecule has 0 saturated carbocycles. The smallest absolute Gasteiger partial charge is 0.178 e. The molecule has 0 amide bonds. The molecule has 0 aromatic carbocycles. The van der Waals surface area contributed by atoms with Gasteiger partial charge in [0, 0.05) is 18.3 Å². The van der Waals surface area contributed by atoms with Gasteiger partial charge >= 0.3 is 0 Å². The fraction of sp³-hybridized carbons (Fsp3) is 0.250. The van der Waals surface area contributed by atoms with Crippen molar-refractivity contribution in [1.29, 1.82) is 0 Å². The summed E-state index contributed by atoms with van der Waals surface area (Å²) in [5, 5.41) is 12.5. The summed E-state index contributed by atoms with van der Waals surface area (Å²) in [7, 11) is 0. The Hall–Kier alpha value is -1.69. The molecule has 1 rings (SSSR count). The lowest BCUT2D eigenvalue weighted by molar-refractivity contribution is 0.234. The lowest BCUT2D eigenvalue weighted by Crippen LogP contribution is -2.24. The summed E-state index contributed by atoms with van der Waals surface area (Å²) >= 11 is 0. The second-order valence-electron chi connectivity index (χ2n) is 2.48. The molecule has 0 aliphatic carbocycles. The third-order valence-corrected chi connectivity index (χ3v) is 1.43. The minimum Gasteiger partial charge on any atom is -0.308 e. The summed E-state index contributed by atoms with van der Waals surface area (Å²) in [6.45, 7) is 2.45. The first kappa shape index (κ1) is 10.4. The quantitative estimate of drug-likeness (QED) is 0.375. The number of hydrogen-bond donors (Lipinski definition) is 3. The number of nitrogens with one attached hydrogen (secondary N) is 2. The molecular formula is C8H11FN4O. The fourth-order valence-corrected chi connectivity index (χ4v) is 0.854. The normalized spacial score (nSPS) is 11.2. The first-order valence-electron chi connectivity index (χ1n) is 4.09. The van der Waals surface area contributed by atoms with Crippen molar-refractivity contribution >= 4 is 5.84 Å². The number of amidine groups is 1. The zero-order valence-electron chi connectivity index (χ0n) is 7.66. The van der Waals surface area contributed by atoms with E-state index in [-0.39, 0.29) is 5.84 Å². The van der Waals surface area contributed by atoms with Gasteiger partial charge in [0.15, 0.2) is 5.84 Å². The van der Waals surface area contributed by atoms with Crippen LogP contribution in [0, 0.1) is 5.82 Å². The summed E-state index contributed by atoms with van der Waals surface area (Å²) in [6.07, 6.45) is 2.47. The number of hydroxylamine groups is 1. The van der Waals surface area contributed by atoms with E-state index in [4.69, 9.17) is 5.21 Å². The number of pyridine rings is 1. The monoisotopic (exact) mass is 198 g/mol. The van der Waals surface area contributed by atoms with Crippen LogP contribution in [0.2, 0.25) is 0 Å². The fourth-order valence-electron chi connectivity index (χ4n) is 0.854. The van der Waals surface area contributed by atoms with Crippen LogP contribution in [0.15, 0.2) is 23.6 Å². The molecule has 0 aliphatic rings. The topological polar surface area (TPSA) is 69.5 Å². The maximum Gasteiger partial charge on any atom is 0.178 e. The summed E-state index contributed by atoms with van der Waals surface area (Å²) in [4.78, 5) is 3.63. The molecule has 0 fully saturated rings. The van der Waals surface area contributed by atoms with E-state index in [2.05, 4.69) is 15.5 Å². The largest absolute Gasteiger partial charge is 0.308 e. The van der Waals surface area contributed by atoms with Crippen LogP contribution in [0.25, 0.3) is 0 Å². The highest BCUT2D eigenvalue weighted by molar-refractivity contribution is 5.97. The van der Waals surface area contributed by atoms with Gasteiger partial charge in [0.2, 0.25) is 0 Å². The lowest BCUT2D eigenvalue weighted by atomic mass is 10.2. The average molecular weight is 198 g/mol.